The lowest BCUT2D eigenvalue weighted by Gasteiger charge is -1.99. The molecule has 0 atom stereocenters. The highest BCUT2D eigenvalue weighted by Gasteiger charge is 2.01. The molecular formula is C14H17N3O. The number of hydrogen-bond acceptors (Lipinski definition) is 2. The standard InChI is InChI=1S/C14H17N3O/c1-11(18)15-10-14-16-9-13(17-14)8-7-12-5-3-2-4-6-12/h2-6,9H,7-8,10H2,1H3,(H,15,18)(H,16,17). The number of hydrogen-bond donors (Lipinski definition) is 2. The highest BCUT2D eigenvalue weighted by molar-refractivity contribution is 5.72. The fourth-order valence-electron chi connectivity index (χ4n) is 1.75. The third-order valence-corrected chi connectivity index (χ3v) is 2.71. The molecule has 94 valence electrons. The Kier molecular flexibility index (Phi) is 4.12. The molecule has 0 aliphatic heterocycles. The van der Waals surface area contributed by atoms with Gasteiger partial charge in [0.1, 0.15) is 5.82 Å². The van der Waals surface area contributed by atoms with Crippen LogP contribution < -0.4 is 5.32 Å². The first-order valence-electron chi connectivity index (χ1n) is 6.05. The number of aromatic amines is 1. The van der Waals surface area contributed by atoms with Gasteiger partial charge in [-0.3, -0.25) is 4.79 Å². The molecule has 2 aromatic rings. The number of amides is 1. The van der Waals surface area contributed by atoms with Crippen molar-refractivity contribution in [3.63, 3.8) is 0 Å². The third-order valence-electron chi connectivity index (χ3n) is 2.71. The van der Waals surface area contributed by atoms with Crippen LogP contribution in [0.25, 0.3) is 0 Å². The number of aryl methyl sites for hydroxylation is 2. The van der Waals surface area contributed by atoms with Crippen LogP contribution in [-0.2, 0) is 24.2 Å². The van der Waals surface area contributed by atoms with Crippen molar-refractivity contribution < 1.29 is 4.79 Å². The number of aromatic nitrogens is 2. The summed E-state index contributed by atoms with van der Waals surface area (Å²) in [5.74, 6) is 0.755. The Bertz CT molecular complexity index is 505. The van der Waals surface area contributed by atoms with E-state index in [1.54, 1.807) is 0 Å². The summed E-state index contributed by atoms with van der Waals surface area (Å²) in [5, 5.41) is 2.72. The summed E-state index contributed by atoms with van der Waals surface area (Å²) in [6.07, 6.45) is 3.75. The molecule has 0 aliphatic carbocycles. The Hall–Kier alpha value is -2.10. The first kappa shape index (κ1) is 12.4. The van der Waals surface area contributed by atoms with E-state index in [0.717, 1.165) is 24.4 Å². The van der Waals surface area contributed by atoms with Gasteiger partial charge in [0.05, 0.1) is 6.54 Å². The minimum atomic E-state index is -0.0442. The number of rotatable bonds is 5. The lowest BCUT2D eigenvalue weighted by molar-refractivity contribution is -0.119. The Morgan fingerprint density at radius 2 is 2.06 bits per heavy atom. The minimum Gasteiger partial charge on any atom is -0.349 e. The van der Waals surface area contributed by atoms with Crippen LogP contribution in [0.2, 0.25) is 0 Å². The Balaban J connectivity index is 1.85. The van der Waals surface area contributed by atoms with Gasteiger partial charge in [-0.25, -0.2) is 4.98 Å². The van der Waals surface area contributed by atoms with E-state index < -0.39 is 0 Å². The van der Waals surface area contributed by atoms with Crippen LogP contribution in [0.4, 0.5) is 0 Å². The molecule has 0 radical (unpaired) electrons. The van der Waals surface area contributed by atoms with Gasteiger partial charge >= 0.3 is 0 Å². The molecule has 4 heteroatoms. The van der Waals surface area contributed by atoms with Crippen molar-refractivity contribution in [2.45, 2.75) is 26.3 Å². The molecule has 0 saturated heterocycles. The van der Waals surface area contributed by atoms with Crippen LogP contribution in [0.5, 0.6) is 0 Å². The van der Waals surface area contributed by atoms with Gasteiger partial charge in [0, 0.05) is 18.8 Å². The number of nitrogens with zero attached hydrogens (tertiary/aromatic N) is 1. The summed E-state index contributed by atoms with van der Waals surface area (Å²) in [5.41, 5.74) is 2.41. The molecule has 0 spiro atoms. The summed E-state index contributed by atoms with van der Waals surface area (Å²) >= 11 is 0. The van der Waals surface area contributed by atoms with Crippen LogP contribution in [0, 0.1) is 0 Å². The van der Waals surface area contributed by atoms with Crippen molar-refractivity contribution in [3.8, 4) is 0 Å². The Morgan fingerprint density at radius 3 is 2.78 bits per heavy atom. The normalized spacial score (nSPS) is 10.3. The summed E-state index contributed by atoms with van der Waals surface area (Å²) in [6, 6.07) is 10.4. The number of imidazole rings is 1. The predicted molar refractivity (Wildman–Crippen MR) is 70.0 cm³/mol. The third kappa shape index (κ3) is 3.73. The summed E-state index contributed by atoms with van der Waals surface area (Å²) < 4.78 is 0. The molecule has 1 amide bonds. The molecule has 0 fully saturated rings. The molecule has 1 heterocycles. The van der Waals surface area contributed by atoms with Gasteiger partial charge in [-0.15, -0.1) is 0 Å². The molecular weight excluding hydrogens is 226 g/mol. The zero-order chi connectivity index (χ0) is 12.8. The van der Waals surface area contributed by atoms with Crippen molar-refractivity contribution in [1.29, 1.82) is 0 Å². The second-order valence-corrected chi connectivity index (χ2v) is 4.25. The fourth-order valence-corrected chi connectivity index (χ4v) is 1.75. The van der Waals surface area contributed by atoms with Crippen LogP contribution in [0.1, 0.15) is 24.0 Å². The van der Waals surface area contributed by atoms with Gasteiger partial charge in [0.25, 0.3) is 0 Å². The molecule has 18 heavy (non-hydrogen) atoms. The number of carbonyl (C=O) groups is 1. The molecule has 0 bridgehead atoms. The van der Waals surface area contributed by atoms with Gasteiger partial charge in [-0.05, 0) is 18.4 Å². The SMILES string of the molecule is CC(=O)NCc1ncc(CCc2ccccc2)[nH]1. The van der Waals surface area contributed by atoms with E-state index in [-0.39, 0.29) is 5.91 Å². The molecule has 0 unspecified atom stereocenters. The predicted octanol–water partition coefficient (Wildman–Crippen LogP) is 1.83. The maximum absolute atomic E-state index is 10.8. The molecule has 2 rings (SSSR count). The van der Waals surface area contributed by atoms with E-state index in [1.165, 1.54) is 12.5 Å². The zero-order valence-corrected chi connectivity index (χ0v) is 10.4. The summed E-state index contributed by atoms with van der Waals surface area (Å²) in [6.45, 7) is 1.96. The summed E-state index contributed by atoms with van der Waals surface area (Å²) in [7, 11) is 0. The molecule has 1 aromatic heterocycles. The van der Waals surface area contributed by atoms with Gasteiger partial charge in [0.15, 0.2) is 0 Å². The molecule has 2 N–H and O–H groups in total. The minimum absolute atomic E-state index is 0.0442. The zero-order valence-electron chi connectivity index (χ0n) is 10.4. The van der Waals surface area contributed by atoms with E-state index >= 15 is 0 Å². The van der Waals surface area contributed by atoms with E-state index in [1.807, 2.05) is 24.4 Å². The number of carbonyl (C=O) groups excluding carboxylic acids is 1. The number of benzene rings is 1. The first-order chi connectivity index (χ1) is 8.74. The summed E-state index contributed by atoms with van der Waals surface area (Å²) in [4.78, 5) is 18.2. The highest BCUT2D eigenvalue weighted by Crippen LogP contribution is 2.05. The van der Waals surface area contributed by atoms with E-state index in [4.69, 9.17) is 0 Å². The van der Waals surface area contributed by atoms with E-state index in [9.17, 15) is 4.79 Å². The second-order valence-electron chi connectivity index (χ2n) is 4.25. The van der Waals surface area contributed by atoms with Crippen molar-refractivity contribution in [2.75, 3.05) is 0 Å². The number of nitrogens with one attached hydrogen (secondary N) is 2. The smallest absolute Gasteiger partial charge is 0.217 e. The average Bonchev–Trinajstić information content (AvgIpc) is 2.83. The van der Waals surface area contributed by atoms with Gasteiger partial charge in [0.2, 0.25) is 5.91 Å². The Morgan fingerprint density at radius 1 is 1.28 bits per heavy atom. The molecule has 4 nitrogen and oxygen atoms in total. The topological polar surface area (TPSA) is 57.8 Å². The number of H-pyrrole nitrogens is 1. The molecule has 1 aromatic carbocycles. The van der Waals surface area contributed by atoms with Crippen LogP contribution in [0.15, 0.2) is 36.5 Å². The van der Waals surface area contributed by atoms with Gasteiger partial charge in [-0.2, -0.15) is 0 Å². The maximum Gasteiger partial charge on any atom is 0.217 e. The van der Waals surface area contributed by atoms with Crippen LogP contribution >= 0.6 is 0 Å². The fraction of sp³-hybridized carbons (Fsp3) is 0.286. The second kappa shape index (κ2) is 6.00. The van der Waals surface area contributed by atoms with Gasteiger partial charge in [-0.1, -0.05) is 30.3 Å². The first-order valence-corrected chi connectivity index (χ1v) is 6.05. The quantitative estimate of drug-likeness (QED) is 0.841. The monoisotopic (exact) mass is 243 g/mol. The lowest BCUT2D eigenvalue weighted by atomic mass is 10.1. The van der Waals surface area contributed by atoms with Crippen molar-refractivity contribution >= 4 is 5.91 Å². The Labute approximate surface area is 106 Å². The largest absolute Gasteiger partial charge is 0.349 e. The lowest BCUT2D eigenvalue weighted by Crippen LogP contribution is -2.19. The van der Waals surface area contributed by atoms with E-state index in [2.05, 4.69) is 27.4 Å². The van der Waals surface area contributed by atoms with Crippen molar-refractivity contribution in [1.82, 2.24) is 15.3 Å². The van der Waals surface area contributed by atoms with Crippen molar-refractivity contribution in [3.05, 3.63) is 53.6 Å². The van der Waals surface area contributed by atoms with Crippen molar-refractivity contribution in [2.24, 2.45) is 0 Å². The molecule has 0 aliphatic rings. The maximum atomic E-state index is 10.8. The van der Waals surface area contributed by atoms with E-state index in [0.29, 0.717) is 6.54 Å². The van der Waals surface area contributed by atoms with Crippen LogP contribution in [-0.4, -0.2) is 15.9 Å². The van der Waals surface area contributed by atoms with Crippen LogP contribution in [0.3, 0.4) is 0 Å². The highest BCUT2D eigenvalue weighted by atomic mass is 16.1. The average molecular weight is 243 g/mol. The van der Waals surface area contributed by atoms with Gasteiger partial charge < -0.3 is 10.3 Å². The molecule has 0 saturated carbocycles.